The summed E-state index contributed by atoms with van der Waals surface area (Å²) in [6.45, 7) is 7.78. The second-order valence-electron chi connectivity index (χ2n) is 7.38. The van der Waals surface area contributed by atoms with E-state index in [9.17, 15) is 8.42 Å². The fourth-order valence-corrected chi connectivity index (χ4v) is 5.71. The molecule has 0 spiro atoms. The van der Waals surface area contributed by atoms with Gasteiger partial charge in [0.1, 0.15) is 5.01 Å². The first kappa shape index (κ1) is 19.6. The van der Waals surface area contributed by atoms with Gasteiger partial charge in [0.2, 0.25) is 0 Å². The number of thiazole rings is 1. The highest BCUT2D eigenvalue weighted by molar-refractivity contribution is 7.92. The molecule has 1 heterocycles. The van der Waals surface area contributed by atoms with Gasteiger partial charge in [0.25, 0.3) is 10.0 Å². The number of fused-ring (bicyclic) bond motifs is 1. The lowest BCUT2D eigenvalue weighted by molar-refractivity contribution is 0.600. The van der Waals surface area contributed by atoms with Crippen molar-refractivity contribution in [1.82, 2.24) is 4.98 Å². The van der Waals surface area contributed by atoms with Crippen molar-refractivity contribution >= 4 is 37.3 Å². The molecular weight excluding hydrogens is 400 g/mol. The Labute approximate surface area is 175 Å². The van der Waals surface area contributed by atoms with Gasteiger partial charge in [-0.2, -0.15) is 0 Å². The van der Waals surface area contributed by atoms with Crippen molar-refractivity contribution < 1.29 is 8.42 Å². The topological polar surface area (TPSA) is 59.1 Å². The third-order valence-corrected chi connectivity index (χ3v) is 7.60. The van der Waals surface area contributed by atoms with E-state index in [0.29, 0.717) is 10.6 Å². The Morgan fingerprint density at radius 2 is 1.52 bits per heavy atom. The predicted molar refractivity (Wildman–Crippen MR) is 121 cm³/mol. The van der Waals surface area contributed by atoms with Crippen molar-refractivity contribution in [3.63, 3.8) is 0 Å². The monoisotopic (exact) mass is 422 g/mol. The van der Waals surface area contributed by atoms with E-state index in [4.69, 9.17) is 0 Å². The second kappa shape index (κ2) is 7.28. The predicted octanol–water partition coefficient (Wildman–Crippen LogP) is 6.00. The summed E-state index contributed by atoms with van der Waals surface area (Å²) in [5.74, 6) is 0. The molecule has 3 aromatic carbocycles. The molecule has 4 rings (SSSR count). The molecule has 0 saturated carbocycles. The quantitative estimate of drug-likeness (QED) is 0.439. The van der Waals surface area contributed by atoms with Crippen LogP contribution in [-0.4, -0.2) is 13.4 Å². The van der Waals surface area contributed by atoms with Crippen LogP contribution in [0.2, 0.25) is 0 Å². The first-order chi connectivity index (χ1) is 13.7. The Morgan fingerprint density at radius 1 is 0.828 bits per heavy atom. The molecule has 0 aliphatic carbocycles. The van der Waals surface area contributed by atoms with Crippen LogP contribution in [0.3, 0.4) is 0 Å². The van der Waals surface area contributed by atoms with E-state index in [2.05, 4.69) is 28.8 Å². The maximum atomic E-state index is 12.9. The summed E-state index contributed by atoms with van der Waals surface area (Å²) in [5.41, 5.74) is 6.46. The third kappa shape index (κ3) is 3.91. The molecular formula is C23H22N2O2S2. The molecule has 0 amide bonds. The van der Waals surface area contributed by atoms with E-state index in [1.54, 1.807) is 29.5 Å². The lowest BCUT2D eigenvalue weighted by atomic mass is 10.1. The SMILES string of the molecule is Cc1ccc2nc(-c3ccc(NS(=O)(=O)c4cc(C)c(C)cc4C)cc3)sc2c1. The van der Waals surface area contributed by atoms with Crippen LogP contribution in [0.5, 0.6) is 0 Å². The lowest BCUT2D eigenvalue weighted by Crippen LogP contribution is -2.14. The molecule has 0 radical (unpaired) electrons. The van der Waals surface area contributed by atoms with Crippen LogP contribution in [0, 0.1) is 27.7 Å². The standard InChI is InChI=1S/C23H22N2O2S2/c1-14-5-10-20-21(11-14)28-23(24-20)18-6-8-19(9-7-18)25-29(26,27)22-13-16(3)15(2)12-17(22)4/h5-13,25H,1-4H3. The summed E-state index contributed by atoms with van der Waals surface area (Å²) in [7, 11) is -3.65. The second-order valence-corrected chi connectivity index (χ2v) is 10.1. The van der Waals surface area contributed by atoms with Crippen molar-refractivity contribution in [2.75, 3.05) is 4.72 Å². The Hall–Kier alpha value is -2.70. The Kier molecular flexibility index (Phi) is 4.92. The molecule has 6 heteroatoms. The average Bonchev–Trinajstić information content (AvgIpc) is 3.08. The van der Waals surface area contributed by atoms with Crippen LogP contribution >= 0.6 is 11.3 Å². The van der Waals surface area contributed by atoms with Gasteiger partial charge >= 0.3 is 0 Å². The molecule has 0 atom stereocenters. The first-order valence-electron chi connectivity index (χ1n) is 9.31. The van der Waals surface area contributed by atoms with Gasteiger partial charge in [0.15, 0.2) is 0 Å². The van der Waals surface area contributed by atoms with Gasteiger partial charge in [-0.25, -0.2) is 13.4 Å². The van der Waals surface area contributed by atoms with Crippen molar-refractivity contribution in [1.29, 1.82) is 0 Å². The van der Waals surface area contributed by atoms with Crippen molar-refractivity contribution in [3.8, 4) is 10.6 Å². The zero-order valence-corrected chi connectivity index (χ0v) is 18.4. The fraction of sp³-hybridized carbons (Fsp3) is 0.174. The summed E-state index contributed by atoms with van der Waals surface area (Å²) < 4.78 is 29.6. The first-order valence-corrected chi connectivity index (χ1v) is 11.6. The summed E-state index contributed by atoms with van der Waals surface area (Å²) >= 11 is 1.64. The Balaban J connectivity index is 1.61. The number of nitrogens with one attached hydrogen (secondary N) is 1. The number of aromatic nitrogens is 1. The number of hydrogen-bond acceptors (Lipinski definition) is 4. The molecule has 1 N–H and O–H groups in total. The van der Waals surface area contributed by atoms with Gasteiger partial charge in [-0.1, -0.05) is 12.1 Å². The number of hydrogen-bond donors (Lipinski definition) is 1. The van der Waals surface area contributed by atoms with Crippen molar-refractivity contribution in [2.45, 2.75) is 32.6 Å². The fourth-order valence-electron chi connectivity index (χ4n) is 3.27. The number of sulfonamides is 1. The van der Waals surface area contributed by atoms with Crippen LogP contribution in [0.4, 0.5) is 5.69 Å². The van der Waals surface area contributed by atoms with Gasteiger partial charge in [0.05, 0.1) is 15.1 Å². The highest BCUT2D eigenvalue weighted by Gasteiger charge is 2.18. The minimum absolute atomic E-state index is 0.311. The van der Waals surface area contributed by atoms with E-state index in [-0.39, 0.29) is 0 Å². The van der Waals surface area contributed by atoms with Gasteiger partial charge in [-0.15, -0.1) is 11.3 Å². The molecule has 4 aromatic rings. The smallest absolute Gasteiger partial charge is 0.262 e. The number of aryl methyl sites for hydroxylation is 4. The molecule has 0 aliphatic heterocycles. The van der Waals surface area contributed by atoms with Crippen LogP contribution in [-0.2, 0) is 10.0 Å². The number of rotatable bonds is 4. The van der Waals surface area contributed by atoms with Gasteiger partial charge < -0.3 is 0 Å². The largest absolute Gasteiger partial charge is 0.280 e. The maximum absolute atomic E-state index is 12.9. The Bertz CT molecular complexity index is 1320. The van der Waals surface area contributed by atoms with E-state index < -0.39 is 10.0 Å². The van der Waals surface area contributed by atoms with E-state index >= 15 is 0 Å². The normalized spacial score (nSPS) is 11.7. The molecule has 0 saturated heterocycles. The molecule has 1 aromatic heterocycles. The van der Waals surface area contributed by atoms with Crippen LogP contribution in [0.25, 0.3) is 20.8 Å². The highest BCUT2D eigenvalue weighted by atomic mass is 32.2. The zero-order chi connectivity index (χ0) is 20.8. The van der Waals surface area contributed by atoms with Crippen LogP contribution in [0.1, 0.15) is 22.3 Å². The summed E-state index contributed by atoms with van der Waals surface area (Å²) in [5, 5.41) is 0.921. The average molecular weight is 423 g/mol. The van der Waals surface area contributed by atoms with Crippen molar-refractivity contribution in [2.24, 2.45) is 0 Å². The van der Waals surface area contributed by atoms with Crippen LogP contribution in [0.15, 0.2) is 59.5 Å². The van der Waals surface area contributed by atoms with Crippen molar-refractivity contribution in [3.05, 3.63) is 76.9 Å². The lowest BCUT2D eigenvalue weighted by Gasteiger charge is -2.13. The molecule has 0 aliphatic rings. The molecule has 0 fully saturated rings. The number of benzene rings is 3. The number of anilines is 1. The third-order valence-electron chi connectivity index (χ3n) is 5.01. The highest BCUT2D eigenvalue weighted by Crippen LogP contribution is 2.31. The zero-order valence-electron chi connectivity index (χ0n) is 16.8. The minimum Gasteiger partial charge on any atom is -0.280 e. The van der Waals surface area contributed by atoms with E-state index in [1.807, 2.05) is 45.0 Å². The van der Waals surface area contributed by atoms with E-state index in [0.717, 1.165) is 37.5 Å². The molecule has 0 unspecified atom stereocenters. The van der Waals surface area contributed by atoms with Gasteiger partial charge in [0, 0.05) is 11.3 Å². The number of nitrogens with zero attached hydrogens (tertiary/aromatic N) is 1. The van der Waals surface area contributed by atoms with E-state index in [1.165, 1.54) is 5.56 Å². The molecule has 148 valence electrons. The molecule has 29 heavy (non-hydrogen) atoms. The maximum Gasteiger partial charge on any atom is 0.262 e. The Morgan fingerprint density at radius 3 is 2.24 bits per heavy atom. The summed E-state index contributed by atoms with van der Waals surface area (Å²) in [6, 6.07) is 17.2. The summed E-state index contributed by atoms with van der Waals surface area (Å²) in [4.78, 5) is 5.00. The molecule has 4 nitrogen and oxygen atoms in total. The minimum atomic E-state index is -3.65. The van der Waals surface area contributed by atoms with Gasteiger partial charge in [-0.05, 0) is 92.4 Å². The molecule has 0 bridgehead atoms. The van der Waals surface area contributed by atoms with Gasteiger partial charge in [-0.3, -0.25) is 4.72 Å². The van der Waals surface area contributed by atoms with Crippen LogP contribution < -0.4 is 4.72 Å². The summed E-state index contributed by atoms with van der Waals surface area (Å²) in [6.07, 6.45) is 0.